The van der Waals surface area contributed by atoms with E-state index in [0.29, 0.717) is 0 Å². The molecule has 0 aromatic carbocycles. The van der Waals surface area contributed by atoms with Crippen molar-refractivity contribution in [3.05, 3.63) is 23.9 Å². The number of anilines is 1. The van der Waals surface area contributed by atoms with E-state index in [-0.39, 0.29) is 17.8 Å². The maximum absolute atomic E-state index is 10.9. The maximum atomic E-state index is 10.9. The average Bonchev–Trinajstić information content (AvgIpc) is 2.28. The van der Waals surface area contributed by atoms with Crippen molar-refractivity contribution < 1.29 is 14.7 Å². The first kappa shape index (κ1) is 12.5. The Bertz CT molecular complexity index is 479. The summed E-state index contributed by atoms with van der Waals surface area (Å²) >= 11 is 0. The number of carbonyl (C=O) groups is 2. The summed E-state index contributed by atoms with van der Waals surface area (Å²) in [6, 6.07) is 1.86. The molecule has 1 aromatic heterocycles. The Labute approximate surface area is 97.8 Å². The van der Waals surface area contributed by atoms with E-state index >= 15 is 0 Å². The molecule has 6 heteroatoms. The topological polar surface area (TPSA) is 105 Å². The molecule has 1 amide bonds. The van der Waals surface area contributed by atoms with Gasteiger partial charge < -0.3 is 16.2 Å². The smallest absolute Gasteiger partial charge is 0.327 e. The molecular formula is C11H11N3O3. The molecular weight excluding hydrogens is 222 g/mol. The maximum Gasteiger partial charge on any atom is 0.327 e. The van der Waals surface area contributed by atoms with Crippen LogP contribution in [0, 0.1) is 12.3 Å². The number of aliphatic carboxylic acids is 1. The molecule has 1 heterocycles. The van der Waals surface area contributed by atoms with E-state index in [1.165, 1.54) is 18.3 Å². The molecule has 0 saturated heterocycles. The largest absolute Gasteiger partial charge is 0.480 e. The van der Waals surface area contributed by atoms with Gasteiger partial charge in [-0.1, -0.05) is 0 Å². The van der Waals surface area contributed by atoms with E-state index in [2.05, 4.69) is 16.2 Å². The minimum absolute atomic E-state index is 0.0117. The average molecular weight is 233 g/mol. The molecule has 0 saturated carbocycles. The second kappa shape index (κ2) is 5.51. The van der Waals surface area contributed by atoms with Crippen LogP contribution in [0.2, 0.25) is 0 Å². The number of carboxylic acid groups (broad SMARTS) is 1. The normalized spacial score (nSPS) is 11.2. The minimum atomic E-state index is -1.09. The second-order valence-electron chi connectivity index (χ2n) is 3.24. The first-order valence-corrected chi connectivity index (χ1v) is 4.73. The van der Waals surface area contributed by atoms with Gasteiger partial charge >= 0.3 is 5.97 Å². The molecule has 1 atom stereocenters. The van der Waals surface area contributed by atoms with Crippen molar-refractivity contribution in [2.75, 3.05) is 5.32 Å². The fraction of sp³-hybridized carbons (Fsp3) is 0.182. The number of hydrogen-bond acceptors (Lipinski definition) is 4. The highest BCUT2D eigenvalue weighted by Gasteiger charge is 2.16. The van der Waals surface area contributed by atoms with Gasteiger partial charge in [-0.05, 0) is 12.1 Å². The Balaban J connectivity index is 2.86. The number of carbonyl (C=O) groups excluding carboxylic acids is 1. The first-order valence-electron chi connectivity index (χ1n) is 4.73. The van der Waals surface area contributed by atoms with Crippen molar-refractivity contribution in [1.82, 2.24) is 4.98 Å². The van der Waals surface area contributed by atoms with Crippen molar-refractivity contribution >= 4 is 17.7 Å². The van der Waals surface area contributed by atoms with Gasteiger partial charge in [0.1, 0.15) is 11.9 Å². The molecule has 1 rings (SSSR count). The third-order valence-electron chi connectivity index (χ3n) is 1.99. The van der Waals surface area contributed by atoms with E-state index < -0.39 is 17.9 Å². The molecule has 6 nitrogen and oxygen atoms in total. The number of rotatable bonds is 5. The standard InChI is InChI=1S/C11H11N3O3/c1-2-3-8(11(16)17)14-9-6-7(10(12)15)4-5-13-9/h1,4-6,8H,3H2,(H2,12,15)(H,13,14)(H,16,17). The SMILES string of the molecule is C#CCC(Nc1cc(C(N)=O)ccn1)C(=O)O. The molecule has 0 aliphatic rings. The van der Waals surface area contributed by atoms with Gasteiger partial charge in [0, 0.05) is 18.2 Å². The minimum Gasteiger partial charge on any atom is -0.480 e. The highest BCUT2D eigenvalue weighted by molar-refractivity contribution is 5.93. The number of hydrogen-bond donors (Lipinski definition) is 3. The van der Waals surface area contributed by atoms with E-state index in [4.69, 9.17) is 17.3 Å². The number of amides is 1. The molecule has 0 fully saturated rings. The number of aromatic nitrogens is 1. The third-order valence-corrected chi connectivity index (χ3v) is 1.99. The zero-order valence-corrected chi connectivity index (χ0v) is 8.88. The van der Waals surface area contributed by atoms with E-state index in [0.717, 1.165) is 0 Å². The van der Waals surface area contributed by atoms with Gasteiger partial charge in [-0.15, -0.1) is 12.3 Å². The summed E-state index contributed by atoms with van der Waals surface area (Å²) in [5.74, 6) is 0.783. The lowest BCUT2D eigenvalue weighted by Gasteiger charge is -2.12. The lowest BCUT2D eigenvalue weighted by molar-refractivity contribution is -0.137. The van der Waals surface area contributed by atoms with E-state index in [9.17, 15) is 9.59 Å². The van der Waals surface area contributed by atoms with Gasteiger partial charge in [0.15, 0.2) is 0 Å². The molecule has 0 bridgehead atoms. The Hall–Kier alpha value is -2.55. The molecule has 0 radical (unpaired) electrons. The summed E-state index contributed by atoms with van der Waals surface area (Å²) in [5.41, 5.74) is 5.33. The number of nitrogens with two attached hydrogens (primary N) is 1. The Kier molecular flexibility index (Phi) is 4.06. The third kappa shape index (κ3) is 3.50. The van der Waals surface area contributed by atoms with Crippen LogP contribution in [0.1, 0.15) is 16.8 Å². The van der Waals surface area contributed by atoms with Crippen LogP contribution in [0.4, 0.5) is 5.82 Å². The summed E-state index contributed by atoms with van der Waals surface area (Å²) in [6.45, 7) is 0. The first-order chi connectivity index (χ1) is 8.04. The highest BCUT2D eigenvalue weighted by Crippen LogP contribution is 2.09. The van der Waals surface area contributed by atoms with Gasteiger partial charge in [0.05, 0.1) is 0 Å². The van der Waals surface area contributed by atoms with Crippen LogP contribution in [0.5, 0.6) is 0 Å². The zero-order chi connectivity index (χ0) is 12.8. The Morgan fingerprint density at radius 2 is 2.35 bits per heavy atom. The van der Waals surface area contributed by atoms with Crippen LogP contribution < -0.4 is 11.1 Å². The molecule has 17 heavy (non-hydrogen) atoms. The summed E-state index contributed by atoms with van der Waals surface area (Å²) < 4.78 is 0. The number of carboxylic acids is 1. The summed E-state index contributed by atoms with van der Waals surface area (Å²) in [5, 5.41) is 11.5. The summed E-state index contributed by atoms with van der Waals surface area (Å²) in [4.78, 5) is 25.6. The quantitative estimate of drug-likeness (QED) is 0.624. The van der Waals surface area contributed by atoms with Crippen LogP contribution in [0.25, 0.3) is 0 Å². The van der Waals surface area contributed by atoms with Crippen molar-refractivity contribution in [2.45, 2.75) is 12.5 Å². The number of terminal acetylenes is 1. The van der Waals surface area contributed by atoms with Crippen LogP contribution in [0.15, 0.2) is 18.3 Å². The van der Waals surface area contributed by atoms with E-state index in [1.54, 1.807) is 0 Å². The monoisotopic (exact) mass is 233 g/mol. The predicted octanol–water partition coefficient (Wildman–Crippen LogP) is 0.0689. The van der Waals surface area contributed by atoms with Crippen LogP contribution in [0.3, 0.4) is 0 Å². The predicted molar refractivity (Wildman–Crippen MR) is 61.3 cm³/mol. The number of pyridine rings is 1. The lowest BCUT2D eigenvalue weighted by Crippen LogP contribution is -2.29. The van der Waals surface area contributed by atoms with E-state index in [1.807, 2.05) is 0 Å². The lowest BCUT2D eigenvalue weighted by atomic mass is 10.2. The van der Waals surface area contributed by atoms with Gasteiger partial charge in [-0.25, -0.2) is 9.78 Å². The number of primary amides is 1. The fourth-order valence-electron chi connectivity index (χ4n) is 1.16. The second-order valence-corrected chi connectivity index (χ2v) is 3.24. The molecule has 1 unspecified atom stereocenters. The Morgan fingerprint density at radius 3 is 2.88 bits per heavy atom. The zero-order valence-electron chi connectivity index (χ0n) is 8.88. The van der Waals surface area contributed by atoms with Crippen molar-refractivity contribution in [2.24, 2.45) is 5.73 Å². The molecule has 88 valence electrons. The van der Waals surface area contributed by atoms with Crippen LogP contribution in [-0.4, -0.2) is 28.0 Å². The van der Waals surface area contributed by atoms with Crippen molar-refractivity contribution in [3.8, 4) is 12.3 Å². The highest BCUT2D eigenvalue weighted by atomic mass is 16.4. The van der Waals surface area contributed by atoms with Crippen molar-refractivity contribution in [1.29, 1.82) is 0 Å². The summed E-state index contributed by atoms with van der Waals surface area (Å²) in [7, 11) is 0. The molecule has 4 N–H and O–H groups in total. The van der Waals surface area contributed by atoms with Gasteiger partial charge in [-0.3, -0.25) is 4.79 Å². The summed E-state index contributed by atoms with van der Waals surface area (Å²) in [6.07, 6.45) is 6.42. The van der Waals surface area contributed by atoms with Crippen LogP contribution in [-0.2, 0) is 4.79 Å². The number of nitrogens with one attached hydrogen (secondary N) is 1. The number of nitrogens with zero attached hydrogens (tertiary/aromatic N) is 1. The van der Waals surface area contributed by atoms with Crippen molar-refractivity contribution in [3.63, 3.8) is 0 Å². The van der Waals surface area contributed by atoms with Crippen LogP contribution >= 0.6 is 0 Å². The molecule has 0 aliphatic heterocycles. The fourth-order valence-corrected chi connectivity index (χ4v) is 1.16. The van der Waals surface area contributed by atoms with Gasteiger partial charge in [0.2, 0.25) is 5.91 Å². The van der Waals surface area contributed by atoms with Gasteiger partial charge in [0.25, 0.3) is 0 Å². The molecule has 0 aliphatic carbocycles. The van der Waals surface area contributed by atoms with Gasteiger partial charge in [-0.2, -0.15) is 0 Å². The Morgan fingerprint density at radius 1 is 1.65 bits per heavy atom. The molecule has 0 spiro atoms. The molecule has 1 aromatic rings.